The highest BCUT2D eigenvalue weighted by molar-refractivity contribution is 7.86. The van der Waals surface area contributed by atoms with Gasteiger partial charge in [0.1, 0.15) is 6.33 Å². The van der Waals surface area contributed by atoms with Gasteiger partial charge < -0.3 is 9.54 Å². The number of aromatic amines is 1. The fourth-order valence-corrected chi connectivity index (χ4v) is 4.59. The molecule has 0 bridgehead atoms. The van der Waals surface area contributed by atoms with Crippen molar-refractivity contribution in [1.29, 1.82) is 0 Å². The first kappa shape index (κ1) is 40.5. The predicted octanol–water partition coefficient (Wildman–Crippen LogP) is 3.41. The topological polar surface area (TPSA) is 215 Å². The Bertz CT molecular complexity index is 2450. The summed E-state index contributed by atoms with van der Waals surface area (Å²) >= 11 is 0. The monoisotopic (exact) mass is 784 g/mol. The molecule has 1 N–H and O–H groups in total. The number of nitrogens with zero attached hydrogens (tertiary/aromatic N) is 5. The van der Waals surface area contributed by atoms with Crippen LogP contribution in [-0.2, 0) is 48.6 Å². The van der Waals surface area contributed by atoms with Crippen molar-refractivity contribution in [1.82, 2.24) is 22.9 Å². The minimum Gasteiger partial charge on any atom is -0.741 e. The third-order valence-electron chi connectivity index (χ3n) is 5.28. The van der Waals surface area contributed by atoms with E-state index < -0.39 is 47.1 Å². The van der Waals surface area contributed by atoms with Gasteiger partial charge in [-0.1, -0.05) is 55.9 Å². The second-order valence-electron chi connectivity index (χ2n) is 8.62. The van der Waals surface area contributed by atoms with Gasteiger partial charge in [-0.2, -0.15) is 42.4 Å². The van der Waals surface area contributed by atoms with E-state index in [1.807, 2.05) is 24.3 Å². The Labute approximate surface area is 272 Å². The van der Waals surface area contributed by atoms with E-state index in [4.69, 9.17) is 21.4 Å². The molecule has 0 atom stereocenters. The maximum absolute atomic E-state index is 12.8. The third-order valence-corrected chi connectivity index (χ3v) is 7.37. The number of benzene rings is 3. The summed E-state index contributed by atoms with van der Waals surface area (Å²) in [5.41, 5.74) is -1.84. The summed E-state index contributed by atoms with van der Waals surface area (Å²) in [6.07, 6.45) is 3.84. The maximum atomic E-state index is 12.8. The molecule has 0 fully saturated rings. The van der Waals surface area contributed by atoms with Crippen LogP contribution in [0.25, 0.3) is 33.1 Å². The zero-order chi connectivity index (χ0) is 37.4. The van der Waals surface area contributed by atoms with Crippen molar-refractivity contribution in [3.05, 3.63) is 91.8 Å². The number of halogens is 7. The van der Waals surface area contributed by atoms with E-state index in [1.54, 1.807) is 60.4 Å². The summed E-state index contributed by atoms with van der Waals surface area (Å²) in [5, 5.41) is 0. The van der Waals surface area contributed by atoms with Crippen molar-refractivity contribution in [3.8, 4) is 0 Å². The van der Waals surface area contributed by atoms with Gasteiger partial charge in [-0.15, -0.1) is 0 Å². The van der Waals surface area contributed by atoms with Crippen LogP contribution in [0.3, 0.4) is 0 Å². The summed E-state index contributed by atoms with van der Waals surface area (Å²) < 4.78 is 166. The van der Waals surface area contributed by atoms with Gasteiger partial charge in [-0.3, -0.25) is 0 Å². The molecule has 3 aromatic heterocycles. The van der Waals surface area contributed by atoms with Gasteiger partial charge in [0.15, 0.2) is 21.2 Å². The van der Waals surface area contributed by atoms with Crippen LogP contribution in [-0.4, -0.2) is 66.6 Å². The number of alkyl halides is 3. The number of H-pyrrole nitrogens is 1. The molecular weight excluding hydrogens is 766 g/mol. The highest BCUT2D eigenvalue weighted by Crippen LogP contribution is 2.20. The Morgan fingerprint density at radius 3 is 1.63 bits per heavy atom. The first-order valence-electron chi connectivity index (χ1n) is 12.1. The SMILES string of the molecule is C[n+]1cn(S(=O)(=O)F)c2ccccc21.O=S(=O)(F)F.O=S(=O)(F)n1cnc2ccccc21.O=S(=O)([O-])C(F)(F)F.c1ccc2[nH]cnc2c1. The molecule has 26 heteroatoms. The number of rotatable bonds is 2. The zero-order valence-electron chi connectivity index (χ0n) is 23.8. The lowest BCUT2D eigenvalue weighted by Crippen LogP contribution is -2.25. The highest BCUT2D eigenvalue weighted by Gasteiger charge is 2.37. The Morgan fingerprint density at radius 1 is 0.694 bits per heavy atom. The van der Waals surface area contributed by atoms with Crippen molar-refractivity contribution in [3.63, 3.8) is 0 Å². The van der Waals surface area contributed by atoms with E-state index in [9.17, 15) is 45.5 Å². The Kier molecular flexibility index (Phi) is 13.0. The van der Waals surface area contributed by atoms with Crippen molar-refractivity contribution in [2.24, 2.45) is 7.05 Å². The smallest absolute Gasteiger partial charge is 0.485 e. The van der Waals surface area contributed by atoms with Crippen LogP contribution in [0.4, 0.5) is 28.7 Å². The molecule has 0 unspecified atom stereocenters. The van der Waals surface area contributed by atoms with E-state index in [0.717, 1.165) is 17.4 Å². The molecule has 0 saturated carbocycles. The molecule has 49 heavy (non-hydrogen) atoms. The van der Waals surface area contributed by atoms with E-state index in [1.165, 1.54) is 12.4 Å². The van der Waals surface area contributed by atoms with Gasteiger partial charge in [0.2, 0.25) is 0 Å². The van der Waals surface area contributed by atoms with Crippen molar-refractivity contribution >= 4 is 74.6 Å². The second-order valence-corrected chi connectivity index (χ2v) is 13.2. The fraction of sp³-hybridized carbons (Fsp3) is 0.0870. The quantitative estimate of drug-likeness (QED) is 0.0883. The molecule has 3 heterocycles. The number of hydrogen-bond acceptors (Lipinski definition) is 11. The molecule has 3 aromatic carbocycles. The molecule has 268 valence electrons. The Hall–Kier alpha value is -4.66. The molecule has 0 aliphatic rings. The van der Waals surface area contributed by atoms with Crippen LogP contribution >= 0.6 is 0 Å². The molecule has 15 nitrogen and oxygen atoms in total. The van der Waals surface area contributed by atoms with Gasteiger partial charge >= 0.3 is 36.9 Å². The fourth-order valence-electron chi connectivity index (χ4n) is 3.39. The highest BCUT2D eigenvalue weighted by atomic mass is 32.3. The minimum atomic E-state index is -6.09. The lowest BCUT2D eigenvalue weighted by atomic mass is 10.3. The van der Waals surface area contributed by atoms with E-state index in [0.29, 0.717) is 24.5 Å². The largest absolute Gasteiger partial charge is 0.741 e. The maximum Gasteiger partial charge on any atom is 0.485 e. The van der Waals surface area contributed by atoms with E-state index >= 15 is 0 Å². The lowest BCUT2D eigenvalue weighted by molar-refractivity contribution is -0.645. The van der Waals surface area contributed by atoms with Crippen LogP contribution in [0.1, 0.15) is 0 Å². The number of hydrogen-bond donors (Lipinski definition) is 1. The zero-order valence-corrected chi connectivity index (χ0v) is 27.1. The van der Waals surface area contributed by atoms with Gasteiger partial charge in [0, 0.05) is 0 Å². The summed E-state index contributed by atoms with van der Waals surface area (Å²) in [5.74, 6) is 0. The van der Waals surface area contributed by atoms with Crippen LogP contribution in [0, 0.1) is 0 Å². The number of para-hydroxylation sites is 6. The normalized spacial score (nSPS) is 12.0. The van der Waals surface area contributed by atoms with Gasteiger partial charge in [0.25, 0.3) is 6.33 Å². The molecule has 0 aliphatic heterocycles. The van der Waals surface area contributed by atoms with Crippen LogP contribution in [0.2, 0.25) is 0 Å². The van der Waals surface area contributed by atoms with Crippen molar-refractivity contribution < 1.29 is 71.5 Å². The Morgan fingerprint density at radius 2 is 1.14 bits per heavy atom. The standard InChI is InChI=1S/C8H8FN2O2S.C7H5FN2O2S.C7H6N2.CHF3O3S.F2O2S/c1-10-6-11(14(9,12)13)8-5-3-2-4-7(8)10;8-13(11,12)10-5-9-6-3-1-2-4-7(6)10;1-2-4-7-6(3-1)8-5-9-7;2-1(3,4)8(5,6)7;1-5(2,3)4/h2-6H,1H3;1-5H;1-5H,(H,8,9);(H,5,6,7);/q+1;;;;/p-1. The summed E-state index contributed by atoms with van der Waals surface area (Å²) in [4.78, 5) is 10.8. The molecule has 0 aliphatic carbocycles. The van der Waals surface area contributed by atoms with Crippen molar-refractivity contribution in [2.75, 3.05) is 0 Å². The van der Waals surface area contributed by atoms with Gasteiger partial charge in [-0.05, 0) is 36.4 Å². The molecule has 0 radical (unpaired) electrons. The first-order valence-corrected chi connectivity index (χ1v) is 17.5. The second kappa shape index (κ2) is 15.7. The molecule has 0 spiro atoms. The Balaban J connectivity index is 0.000000222. The van der Waals surface area contributed by atoms with Gasteiger partial charge in [-0.25, -0.2) is 23.0 Å². The van der Waals surface area contributed by atoms with Crippen molar-refractivity contribution in [2.45, 2.75) is 5.51 Å². The molecular formula is C23H19F7N6O9S4. The number of aryl methyl sites for hydroxylation is 1. The molecule has 6 rings (SSSR count). The number of fused-ring (bicyclic) bond motifs is 3. The van der Waals surface area contributed by atoms with Crippen LogP contribution in [0.5, 0.6) is 0 Å². The summed E-state index contributed by atoms with van der Waals surface area (Å²) in [6, 6.07) is 21.0. The van der Waals surface area contributed by atoms with E-state index in [-0.39, 0.29) is 5.52 Å². The average molecular weight is 785 g/mol. The molecule has 6 aromatic rings. The van der Waals surface area contributed by atoms with Crippen LogP contribution < -0.4 is 4.57 Å². The number of nitrogens with one attached hydrogen (secondary N) is 1. The van der Waals surface area contributed by atoms with Gasteiger partial charge in [0.05, 0.1) is 35.4 Å². The molecule has 0 amide bonds. The summed E-state index contributed by atoms with van der Waals surface area (Å²) in [6.45, 7) is 0. The lowest BCUT2D eigenvalue weighted by Gasteiger charge is -2.08. The first-order chi connectivity index (χ1) is 22.3. The average Bonchev–Trinajstić information content (AvgIpc) is 3.69. The van der Waals surface area contributed by atoms with E-state index in [2.05, 4.69) is 15.0 Å². The number of imidazole rings is 3. The summed E-state index contributed by atoms with van der Waals surface area (Å²) in [7, 11) is -19.5. The third kappa shape index (κ3) is 12.7. The predicted molar refractivity (Wildman–Crippen MR) is 157 cm³/mol. The number of aromatic nitrogens is 6. The minimum absolute atomic E-state index is 0.241. The molecule has 0 saturated heterocycles. The van der Waals surface area contributed by atoms with Crippen LogP contribution in [0.15, 0.2) is 91.8 Å².